The molecule has 0 spiro atoms. The van der Waals surface area contributed by atoms with Crippen molar-refractivity contribution in [3.8, 4) is 0 Å². The van der Waals surface area contributed by atoms with Crippen molar-refractivity contribution in [2.75, 3.05) is 31.2 Å². The molecule has 0 amide bonds. The third-order valence-electron chi connectivity index (χ3n) is 3.39. The predicted octanol–water partition coefficient (Wildman–Crippen LogP) is 1.79. The van der Waals surface area contributed by atoms with Gasteiger partial charge in [-0.1, -0.05) is 0 Å². The van der Waals surface area contributed by atoms with Gasteiger partial charge in [0.15, 0.2) is 0 Å². The molecule has 0 aliphatic rings. The fraction of sp³-hybridized carbons (Fsp3) is 0.375. The molecule has 2 aromatic rings. The molecule has 2 rings (SSSR count). The Balaban J connectivity index is 2.42. The van der Waals surface area contributed by atoms with Crippen LogP contribution in [0.5, 0.6) is 0 Å². The number of esters is 1. The number of aliphatic hydroxyl groups is 1. The highest BCUT2D eigenvalue weighted by Gasteiger charge is 2.15. The van der Waals surface area contributed by atoms with E-state index >= 15 is 0 Å². The number of carbonyl (C=O) groups excluding carboxylic acids is 1. The van der Waals surface area contributed by atoms with Gasteiger partial charge >= 0.3 is 11.6 Å². The van der Waals surface area contributed by atoms with Crippen molar-refractivity contribution < 1.29 is 19.1 Å². The fourth-order valence-corrected chi connectivity index (χ4v) is 2.24. The van der Waals surface area contributed by atoms with Crippen LogP contribution in [0.3, 0.4) is 0 Å². The highest BCUT2D eigenvalue weighted by molar-refractivity contribution is 5.93. The maximum Gasteiger partial charge on any atom is 0.351 e. The number of anilines is 1. The summed E-state index contributed by atoms with van der Waals surface area (Å²) in [6.07, 6.45) is 0. The minimum atomic E-state index is -0.794. The first kappa shape index (κ1) is 16.0. The van der Waals surface area contributed by atoms with Crippen molar-refractivity contribution in [2.45, 2.75) is 13.8 Å². The van der Waals surface area contributed by atoms with Crippen LogP contribution >= 0.6 is 0 Å². The Hall–Kier alpha value is -2.34. The van der Waals surface area contributed by atoms with Crippen LogP contribution in [-0.2, 0) is 4.74 Å². The number of nitrogens with zero attached hydrogens (tertiary/aromatic N) is 1. The molecular formula is C16H19NO5. The van der Waals surface area contributed by atoms with Crippen LogP contribution in [0.1, 0.15) is 24.2 Å². The van der Waals surface area contributed by atoms with Crippen molar-refractivity contribution in [1.82, 2.24) is 0 Å². The molecule has 6 nitrogen and oxygen atoms in total. The van der Waals surface area contributed by atoms with Gasteiger partial charge in [-0.15, -0.1) is 0 Å². The van der Waals surface area contributed by atoms with Crippen molar-refractivity contribution in [2.24, 2.45) is 0 Å². The van der Waals surface area contributed by atoms with Gasteiger partial charge in [0.1, 0.15) is 17.8 Å². The van der Waals surface area contributed by atoms with E-state index in [0.29, 0.717) is 11.0 Å². The zero-order valence-corrected chi connectivity index (χ0v) is 12.7. The van der Waals surface area contributed by atoms with Gasteiger partial charge < -0.3 is 19.2 Å². The summed E-state index contributed by atoms with van der Waals surface area (Å²) in [6, 6.07) is 6.95. The van der Waals surface area contributed by atoms with Gasteiger partial charge in [0.2, 0.25) is 0 Å². The van der Waals surface area contributed by atoms with Gasteiger partial charge in [-0.2, -0.15) is 0 Å². The summed E-state index contributed by atoms with van der Waals surface area (Å²) in [5, 5.41) is 9.29. The fourth-order valence-electron chi connectivity index (χ4n) is 2.24. The molecule has 0 saturated heterocycles. The molecule has 0 saturated carbocycles. The first-order chi connectivity index (χ1) is 10.6. The molecule has 22 heavy (non-hydrogen) atoms. The van der Waals surface area contributed by atoms with E-state index in [4.69, 9.17) is 14.3 Å². The lowest BCUT2D eigenvalue weighted by atomic mass is 10.1. The Kier molecular flexibility index (Phi) is 5.16. The van der Waals surface area contributed by atoms with Crippen LogP contribution in [0.15, 0.2) is 33.5 Å². The minimum Gasteiger partial charge on any atom is -0.459 e. The average Bonchev–Trinajstić information content (AvgIpc) is 2.53. The SMILES string of the molecule is CCN(CC)c1ccc2cc(C(=O)OCCO)c(=O)oc2c1. The summed E-state index contributed by atoms with van der Waals surface area (Å²) >= 11 is 0. The summed E-state index contributed by atoms with van der Waals surface area (Å²) in [7, 11) is 0. The number of aliphatic hydroxyl groups excluding tert-OH is 1. The van der Waals surface area contributed by atoms with Gasteiger partial charge in [-0.3, -0.25) is 0 Å². The van der Waals surface area contributed by atoms with Crippen molar-refractivity contribution >= 4 is 22.6 Å². The third kappa shape index (κ3) is 3.28. The molecule has 0 fully saturated rings. The Morgan fingerprint density at radius 1 is 1.27 bits per heavy atom. The van der Waals surface area contributed by atoms with E-state index in [1.54, 1.807) is 12.1 Å². The summed E-state index contributed by atoms with van der Waals surface area (Å²) in [5.41, 5.74) is 0.466. The summed E-state index contributed by atoms with van der Waals surface area (Å²) in [5.74, 6) is -0.794. The monoisotopic (exact) mass is 305 g/mol. The third-order valence-corrected chi connectivity index (χ3v) is 3.39. The van der Waals surface area contributed by atoms with E-state index in [-0.39, 0.29) is 18.8 Å². The molecule has 1 aromatic heterocycles. The maximum atomic E-state index is 11.9. The van der Waals surface area contributed by atoms with Gasteiger partial charge in [0.05, 0.1) is 6.61 Å². The summed E-state index contributed by atoms with van der Waals surface area (Å²) in [6.45, 7) is 5.33. The second-order valence-electron chi connectivity index (χ2n) is 4.70. The minimum absolute atomic E-state index is 0.156. The number of carbonyl (C=O) groups is 1. The van der Waals surface area contributed by atoms with Gasteiger partial charge in [0, 0.05) is 30.2 Å². The van der Waals surface area contributed by atoms with Gasteiger partial charge in [-0.05, 0) is 32.0 Å². The lowest BCUT2D eigenvalue weighted by Gasteiger charge is -2.20. The second-order valence-corrected chi connectivity index (χ2v) is 4.70. The number of rotatable bonds is 6. The lowest BCUT2D eigenvalue weighted by molar-refractivity contribution is 0.0429. The molecule has 1 heterocycles. The molecule has 6 heteroatoms. The molecule has 1 N–H and O–H groups in total. The normalized spacial score (nSPS) is 10.7. The molecule has 0 aliphatic heterocycles. The standard InChI is InChI=1S/C16H19NO5/c1-3-17(4-2)12-6-5-11-9-13(15(19)21-8-7-18)16(20)22-14(11)10-12/h5-6,9-10,18H,3-4,7-8H2,1-2H3. The quantitative estimate of drug-likeness (QED) is 0.647. The second kappa shape index (κ2) is 7.09. The molecule has 0 bridgehead atoms. The molecule has 1 aromatic carbocycles. The predicted molar refractivity (Wildman–Crippen MR) is 83.4 cm³/mol. The van der Waals surface area contributed by atoms with E-state index in [2.05, 4.69) is 4.90 Å². The molecular weight excluding hydrogens is 286 g/mol. The van der Waals surface area contributed by atoms with Crippen LogP contribution in [-0.4, -0.2) is 37.4 Å². The lowest BCUT2D eigenvalue weighted by Crippen LogP contribution is -2.21. The summed E-state index contributed by atoms with van der Waals surface area (Å²) in [4.78, 5) is 25.8. The number of hydrogen-bond acceptors (Lipinski definition) is 6. The molecule has 0 aliphatic carbocycles. The number of ether oxygens (including phenoxy) is 1. The van der Waals surface area contributed by atoms with Crippen LogP contribution in [0.25, 0.3) is 11.0 Å². The molecule has 0 atom stereocenters. The largest absolute Gasteiger partial charge is 0.459 e. The Bertz CT molecular complexity index is 718. The number of benzene rings is 1. The van der Waals surface area contributed by atoms with Crippen molar-refractivity contribution in [3.63, 3.8) is 0 Å². The summed E-state index contributed by atoms with van der Waals surface area (Å²) < 4.78 is 9.97. The topological polar surface area (TPSA) is 80.0 Å². The Labute approximate surface area is 127 Å². The van der Waals surface area contributed by atoms with Crippen molar-refractivity contribution in [3.05, 3.63) is 40.2 Å². The van der Waals surface area contributed by atoms with Gasteiger partial charge in [0.25, 0.3) is 0 Å². The van der Waals surface area contributed by atoms with Crippen LogP contribution in [0.4, 0.5) is 5.69 Å². The van der Waals surface area contributed by atoms with Crippen LogP contribution in [0, 0.1) is 0 Å². The Morgan fingerprint density at radius 2 is 2.00 bits per heavy atom. The van der Waals surface area contributed by atoms with Crippen LogP contribution in [0.2, 0.25) is 0 Å². The average molecular weight is 305 g/mol. The molecule has 0 radical (unpaired) electrons. The first-order valence-corrected chi connectivity index (χ1v) is 7.21. The van der Waals surface area contributed by atoms with E-state index in [1.807, 2.05) is 19.9 Å². The van der Waals surface area contributed by atoms with E-state index in [0.717, 1.165) is 18.8 Å². The Morgan fingerprint density at radius 3 is 2.64 bits per heavy atom. The smallest absolute Gasteiger partial charge is 0.351 e. The van der Waals surface area contributed by atoms with Crippen molar-refractivity contribution in [1.29, 1.82) is 0 Å². The van der Waals surface area contributed by atoms with Crippen LogP contribution < -0.4 is 10.5 Å². The highest BCUT2D eigenvalue weighted by Crippen LogP contribution is 2.22. The maximum absolute atomic E-state index is 11.9. The zero-order valence-electron chi connectivity index (χ0n) is 12.7. The molecule has 0 unspecified atom stereocenters. The zero-order chi connectivity index (χ0) is 16.1. The first-order valence-electron chi connectivity index (χ1n) is 7.21. The van der Waals surface area contributed by atoms with E-state index in [9.17, 15) is 9.59 Å². The highest BCUT2D eigenvalue weighted by atomic mass is 16.5. The number of hydrogen-bond donors (Lipinski definition) is 1. The van der Waals surface area contributed by atoms with E-state index in [1.165, 1.54) is 6.07 Å². The number of fused-ring (bicyclic) bond motifs is 1. The molecule has 118 valence electrons. The van der Waals surface area contributed by atoms with E-state index < -0.39 is 11.6 Å². The van der Waals surface area contributed by atoms with Gasteiger partial charge in [-0.25, -0.2) is 9.59 Å².